The van der Waals surface area contributed by atoms with Gasteiger partial charge in [0.05, 0.1) is 12.8 Å². The summed E-state index contributed by atoms with van der Waals surface area (Å²) in [6.07, 6.45) is 6.48. The van der Waals surface area contributed by atoms with Gasteiger partial charge in [0.1, 0.15) is 12.2 Å². The molecule has 0 N–H and O–H groups in total. The van der Waals surface area contributed by atoms with Crippen molar-refractivity contribution in [3.63, 3.8) is 0 Å². The Morgan fingerprint density at radius 3 is 2.50 bits per heavy atom. The van der Waals surface area contributed by atoms with Crippen LogP contribution in [0.4, 0.5) is 8.78 Å². The Morgan fingerprint density at radius 1 is 1.24 bits per heavy atom. The van der Waals surface area contributed by atoms with E-state index < -0.39 is 11.9 Å². The highest BCUT2D eigenvalue weighted by molar-refractivity contribution is 6.28. The molecule has 0 spiro atoms. The maximum atomic E-state index is 13.6. The van der Waals surface area contributed by atoms with Gasteiger partial charge in [-0.15, -0.1) is 0 Å². The van der Waals surface area contributed by atoms with Gasteiger partial charge in [0, 0.05) is 31.4 Å². The van der Waals surface area contributed by atoms with Crippen LogP contribution in [0.2, 0.25) is 5.28 Å². The van der Waals surface area contributed by atoms with E-state index in [1.54, 1.807) is 18.9 Å². The molecule has 184 valence electrons. The Hall–Kier alpha value is -3.00. The minimum Gasteiger partial charge on any atom is -0.472 e. The van der Waals surface area contributed by atoms with Crippen LogP contribution in [0.15, 0.2) is 48.3 Å². The zero-order valence-corrected chi connectivity index (χ0v) is 20.8. The number of ether oxygens (including phenoxy) is 2. The molecule has 9 heteroatoms. The normalized spacial score (nSPS) is 12.5. The van der Waals surface area contributed by atoms with Crippen molar-refractivity contribution in [1.29, 1.82) is 0 Å². The van der Waals surface area contributed by atoms with E-state index in [-0.39, 0.29) is 35.5 Å². The number of carbonyl (C=O) groups is 1. The minimum atomic E-state index is -2.89. The molecule has 34 heavy (non-hydrogen) atoms. The van der Waals surface area contributed by atoms with E-state index in [4.69, 9.17) is 21.1 Å². The Kier molecular flexibility index (Phi) is 9.98. The Balaban J connectivity index is 2.22. The number of hydrogen-bond acceptors (Lipinski definition) is 6. The summed E-state index contributed by atoms with van der Waals surface area (Å²) >= 11 is 5.85. The first kappa shape index (κ1) is 27.2. The molecule has 0 aliphatic carbocycles. The third-order valence-corrected chi connectivity index (χ3v) is 5.11. The second kappa shape index (κ2) is 12.5. The fraction of sp³-hybridized carbons (Fsp3) is 0.400. The highest BCUT2D eigenvalue weighted by atomic mass is 35.5. The average Bonchev–Trinajstić information content (AvgIpc) is 2.78. The molecule has 0 atom stereocenters. The van der Waals surface area contributed by atoms with Crippen molar-refractivity contribution in [3.8, 4) is 5.88 Å². The molecule has 1 aromatic carbocycles. The molecule has 1 heterocycles. The predicted molar refractivity (Wildman–Crippen MR) is 129 cm³/mol. The van der Waals surface area contributed by atoms with Crippen molar-refractivity contribution in [1.82, 2.24) is 14.9 Å². The van der Waals surface area contributed by atoms with Crippen molar-refractivity contribution >= 4 is 23.3 Å². The van der Waals surface area contributed by atoms with Gasteiger partial charge < -0.3 is 14.4 Å². The summed E-state index contributed by atoms with van der Waals surface area (Å²) in [4.78, 5) is 21.6. The van der Waals surface area contributed by atoms with E-state index in [0.717, 1.165) is 36.6 Å². The Morgan fingerprint density at radius 2 is 1.91 bits per heavy atom. The summed E-state index contributed by atoms with van der Waals surface area (Å²) in [7, 11) is 1.75. The third kappa shape index (κ3) is 7.80. The number of carbonyl (C=O) groups excluding carboxylic acids is 1. The lowest BCUT2D eigenvalue weighted by Gasteiger charge is -2.22. The van der Waals surface area contributed by atoms with Gasteiger partial charge in [-0.05, 0) is 43.0 Å². The maximum Gasteiger partial charge on any atom is 0.345 e. The Bertz CT molecular complexity index is 1030. The predicted octanol–water partition coefficient (Wildman–Crippen LogP) is 6.52. The van der Waals surface area contributed by atoms with Crippen LogP contribution in [-0.4, -0.2) is 40.4 Å². The van der Waals surface area contributed by atoms with E-state index in [1.807, 2.05) is 30.3 Å². The molecule has 1 aromatic heterocycles. The average molecular weight is 494 g/mol. The van der Waals surface area contributed by atoms with Crippen molar-refractivity contribution in [2.45, 2.75) is 53.1 Å². The van der Waals surface area contributed by atoms with Crippen LogP contribution in [0.3, 0.4) is 0 Å². The number of aromatic nitrogens is 2. The number of nitrogens with zero attached hydrogens (tertiary/aromatic N) is 3. The molecule has 2 aromatic rings. The largest absolute Gasteiger partial charge is 0.472 e. The van der Waals surface area contributed by atoms with Crippen molar-refractivity contribution in [2.24, 2.45) is 0 Å². The Labute approximate surface area is 204 Å². The lowest BCUT2D eigenvalue weighted by molar-refractivity contribution is 0.0518. The van der Waals surface area contributed by atoms with Crippen LogP contribution in [0.25, 0.3) is 5.70 Å². The first-order valence-electron chi connectivity index (χ1n) is 11.0. The molecule has 0 bridgehead atoms. The van der Waals surface area contributed by atoms with Crippen LogP contribution >= 0.6 is 11.6 Å². The molecule has 0 aliphatic rings. The monoisotopic (exact) mass is 493 g/mol. The first-order valence-corrected chi connectivity index (χ1v) is 11.4. The number of halogens is 3. The fourth-order valence-corrected chi connectivity index (χ4v) is 3.07. The van der Waals surface area contributed by atoms with Crippen LogP contribution in [0.1, 0.15) is 62.0 Å². The van der Waals surface area contributed by atoms with E-state index in [1.165, 1.54) is 19.3 Å². The maximum absolute atomic E-state index is 13.6. The van der Waals surface area contributed by atoms with E-state index >= 15 is 0 Å². The van der Waals surface area contributed by atoms with Gasteiger partial charge in [-0.1, -0.05) is 43.7 Å². The molecule has 0 saturated carbocycles. The number of unbranched alkanes of at least 4 members (excludes halogenated alkanes) is 1. The van der Waals surface area contributed by atoms with Gasteiger partial charge in [0.25, 0.3) is 5.92 Å². The van der Waals surface area contributed by atoms with Gasteiger partial charge >= 0.3 is 5.97 Å². The summed E-state index contributed by atoms with van der Waals surface area (Å²) in [5, 5.41) is -0.0480. The molecule has 0 fully saturated rings. The van der Waals surface area contributed by atoms with Crippen molar-refractivity contribution in [2.75, 3.05) is 13.7 Å². The fourth-order valence-electron chi connectivity index (χ4n) is 2.95. The lowest BCUT2D eigenvalue weighted by Crippen LogP contribution is -2.17. The third-order valence-electron chi connectivity index (χ3n) is 4.93. The lowest BCUT2D eigenvalue weighted by atomic mass is 10.1. The van der Waals surface area contributed by atoms with Gasteiger partial charge in [-0.3, -0.25) is 0 Å². The van der Waals surface area contributed by atoms with Gasteiger partial charge in [-0.2, -0.15) is 4.98 Å². The summed E-state index contributed by atoms with van der Waals surface area (Å²) in [6.45, 7) is 6.38. The van der Waals surface area contributed by atoms with Gasteiger partial charge in [-0.25, -0.2) is 18.6 Å². The van der Waals surface area contributed by atoms with Gasteiger partial charge in [0.2, 0.25) is 11.2 Å². The summed E-state index contributed by atoms with van der Waals surface area (Å²) < 4.78 is 38.0. The van der Waals surface area contributed by atoms with Crippen LogP contribution in [0.5, 0.6) is 5.88 Å². The van der Waals surface area contributed by atoms with Crippen LogP contribution in [0, 0.1) is 0 Å². The quantitative estimate of drug-likeness (QED) is 0.262. The highest BCUT2D eigenvalue weighted by Crippen LogP contribution is 2.27. The second-order valence-electron chi connectivity index (χ2n) is 7.75. The highest BCUT2D eigenvalue weighted by Gasteiger charge is 2.24. The van der Waals surface area contributed by atoms with E-state index in [2.05, 4.69) is 16.9 Å². The number of rotatable bonds is 11. The summed E-state index contributed by atoms with van der Waals surface area (Å²) in [6, 6.07) is 7.51. The van der Waals surface area contributed by atoms with Crippen LogP contribution in [-0.2, 0) is 11.3 Å². The molecular formula is C25H30ClF2N3O3. The smallest absolute Gasteiger partial charge is 0.345 e. The number of benzene rings is 1. The molecule has 0 unspecified atom stereocenters. The van der Waals surface area contributed by atoms with Crippen LogP contribution < -0.4 is 4.74 Å². The molecule has 0 aliphatic heterocycles. The minimum absolute atomic E-state index is 0.0247. The van der Waals surface area contributed by atoms with Gasteiger partial charge in [0.15, 0.2) is 0 Å². The zero-order valence-electron chi connectivity index (χ0n) is 20.1. The molecular weight excluding hydrogens is 464 g/mol. The van der Waals surface area contributed by atoms with Crippen molar-refractivity contribution < 1.29 is 23.0 Å². The molecule has 0 saturated heterocycles. The number of hydrogen-bond donors (Lipinski definition) is 0. The topological polar surface area (TPSA) is 64.5 Å². The molecule has 6 nitrogen and oxygen atoms in total. The van der Waals surface area contributed by atoms with E-state index in [9.17, 15) is 13.6 Å². The summed E-state index contributed by atoms with van der Waals surface area (Å²) in [5.74, 6) is -3.45. The zero-order chi connectivity index (χ0) is 25.3. The second-order valence-corrected chi connectivity index (χ2v) is 8.09. The van der Waals surface area contributed by atoms with Crippen molar-refractivity contribution in [3.05, 3.63) is 70.3 Å². The SMILES string of the molecule is CCCC=C(c1ccc(COc2nc(Cl)ncc2C(=O)OCC)cc1)N(C)/C=C(\C)C(C)(F)F. The summed E-state index contributed by atoms with van der Waals surface area (Å²) in [5.41, 5.74) is 2.58. The standard InChI is InChI=1S/C25H30ClF2N3O3/c1-6-8-9-21(31(5)15-17(3)25(4,27)28)19-12-10-18(11-13-19)16-34-22-20(23(32)33-7-2)14-29-24(26)30-22/h9-15H,6-8,16H2,1-5H3/b17-15+,21-9?. The number of esters is 1. The molecule has 2 rings (SSSR count). The number of allylic oxidation sites excluding steroid dienone is 2. The number of alkyl halides is 2. The first-order chi connectivity index (χ1) is 16.1. The molecule has 0 amide bonds. The van der Waals surface area contributed by atoms with E-state index in [0.29, 0.717) is 0 Å². The molecule has 0 radical (unpaired) electrons.